The lowest BCUT2D eigenvalue weighted by Gasteiger charge is -2.12. The Morgan fingerprint density at radius 2 is 0.953 bits per heavy atom. The second-order valence-electron chi connectivity index (χ2n) is 16.2. The second-order valence-corrected chi connectivity index (χ2v) is 17.0. The van der Waals surface area contributed by atoms with Crippen LogP contribution in [-0.2, 0) is 0 Å². The Kier molecular flexibility index (Phi) is 13.8. The predicted molar refractivity (Wildman–Crippen MR) is 272 cm³/mol. The first-order valence-electron chi connectivity index (χ1n) is 21.1. The van der Waals surface area contributed by atoms with Gasteiger partial charge >= 0.3 is 0 Å². The molecule has 9 rings (SSSR count). The zero-order chi connectivity index (χ0) is 45.8. The van der Waals surface area contributed by atoms with Crippen molar-refractivity contribution in [2.45, 2.75) is 69.2 Å². The second kappa shape index (κ2) is 19.4. The first-order valence-corrected chi connectivity index (χ1v) is 22.2. The maximum Gasteiger partial charge on any atom is 0.239 e. The number of nitrogens with one attached hydrogen (secondary N) is 1. The molecule has 324 valence electrons. The molecular formula is C52H55N9OP2. The topological polar surface area (TPSA) is 106 Å². The maximum atomic E-state index is 11.2. The van der Waals surface area contributed by atoms with Crippen LogP contribution >= 0.6 is 18.6 Å². The fraction of sp³-hybridized carbons (Fsp3) is 0.192. The van der Waals surface area contributed by atoms with E-state index in [-0.39, 0.29) is 5.65 Å². The Morgan fingerprint density at radius 3 is 1.39 bits per heavy atom. The lowest BCUT2D eigenvalue weighted by Crippen LogP contribution is -2.03. The van der Waals surface area contributed by atoms with Gasteiger partial charge in [-0.2, -0.15) is 10.00 Å². The van der Waals surface area contributed by atoms with Crippen LogP contribution in [0.25, 0.3) is 56.8 Å². The number of nitrogens with zero attached hydrogens (tertiary/aromatic N) is 8. The number of hydrogen-bond acceptors (Lipinski definition) is 6. The van der Waals surface area contributed by atoms with E-state index in [9.17, 15) is 4.79 Å². The molecule has 0 saturated carbocycles. The number of anilines is 1. The molecule has 0 fully saturated rings. The number of amides is 1. The average molecular weight is 884 g/mol. The van der Waals surface area contributed by atoms with Gasteiger partial charge in [-0.1, -0.05) is 54.6 Å². The molecule has 1 N–H and O–H groups in total. The number of carbonyl (C=O) groups excluding carboxylic acids is 1. The summed E-state index contributed by atoms with van der Waals surface area (Å²) in [5.41, 5.74) is 22.9. The minimum Gasteiger partial charge on any atom is -0.323 e. The summed E-state index contributed by atoms with van der Waals surface area (Å²) in [7, 11) is 4.40. The summed E-state index contributed by atoms with van der Waals surface area (Å²) in [4.78, 5) is 29.1. The minimum atomic E-state index is -0.140. The molecule has 0 saturated heterocycles. The van der Waals surface area contributed by atoms with Crippen molar-refractivity contribution in [2.24, 2.45) is 10.00 Å². The summed E-state index contributed by atoms with van der Waals surface area (Å²) in [6.45, 7) is 20.9. The molecule has 1 amide bonds. The molecule has 6 heterocycles. The summed E-state index contributed by atoms with van der Waals surface area (Å²) in [5.74, 6) is 0. The van der Waals surface area contributed by atoms with Gasteiger partial charge in [0.15, 0.2) is 0 Å². The van der Waals surface area contributed by atoms with Crippen LogP contribution in [0.4, 0.5) is 16.2 Å². The minimum absolute atomic E-state index is 0.140. The van der Waals surface area contributed by atoms with Gasteiger partial charge in [-0.15, -0.1) is 0 Å². The Hall–Kier alpha value is -6.60. The van der Waals surface area contributed by atoms with Crippen molar-refractivity contribution in [3.8, 4) is 33.8 Å². The van der Waals surface area contributed by atoms with Crippen molar-refractivity contribution in [1.29, 1.82) is 0 Å². The van der Waals surface area contributed by atoms with E-state index in [1.54, 1.807) is 0 Å². The summed E-state index contributed by atoms with van der Waals surface area (Å²) in [5, 5.41) is 6.94. The molecule has 0 aliphatic carbocycles. The van der Waals surface area contributed by atoms with Crippen LogP contribution in [-0.4, -0.2) is 33.8 Å². The van der Waals surface area contributed by atoms with Crippen LogP contribution in [0.5, 0.6) is 0 Å². The number of fused-ring (bicyclic) bond motifs is 3. The summed E-state index contributed by atoms with van der Waals surface area (Å²) < 4.78 is 6.20. The smallest absolute Gasteiger partial charge is 0.239 e. The highest BCUT2D eigenvalue weighted by molar-refractivity contribution is 7.40. The lowest BCUT2D eigenvalue weighted by atomic mass is 9.96. The number of benzene rings is 3. The number of allylic oxidation sites excluding steroid dienone is 1. The van der Waals surface area contributed by atoms with Gasteiger partial charge < -0.3 is 18.5 Å². The molecule has 0 spiro atoms. The largest absolute Gasteiger partial charge is 0.323 e. The van der Waals surface area contributed by atoms with E-state index in [2.05, 4.69) is 189 Å². The van der Waals surface area contributed by atoms with Crippen molar-refractivity contribution >= 4 is 58.7 Å². The van der Waals surface area contributed by atoms with Crippen LogP contribution in [0, 0.1) is 62.3 Å². The van der Waals surface area contributed by atoms with Crippen molar-refractivity contribution in [2.75, 3.05) is 5.32 Å². The van der Waals surface area contributed by atoms with Gasteiger partial charge in [0.05, 0.1) is 22.8 Å². The third kappa shape index (κ3) is 9.79. The van der Waals surface area contributed by atoms with Crippen molar-refractivity contribution in [3.63, 3.8) is 0 Å². The van der Waals surface area contributed by atoms with Gasteiger partial charge in [-0.25, -0.2) is 15.0 Å². The molecule has 12 heteroatoms. The molecule has 9 aromatic rings. The van der Waals surface area contributed by atoms with Crippen molar-refractivity contribution in [1.82, 2.24) is 28.2 Å². The number of rotatable bonds is 6. The molecule has 2 unspecified atom stereocenters. The van der Waals surface area contributed by atoms with E-state index >= 15 is 0 Å². The van der Waals surface area contributed by atoms with Gasteiger partial charge in [-0.3, -0.25) is 4.79 Å². The molecule has 0 aliphatic heterocycles. The SMILES string of the molecule is C/C=C/c1ccc(-c2cn3cc(C)ccc3n2)c(C)c1C.Cc1ccc2nc(-c3ccc(N=NP)c(C)c3C)cn2c1.Cc1ccc2nc(-c3ccc(NC(=O)P)c(C)c3C)cn2c1. The Balaban J connectivity index is 0.000000144. The van der Waals surface area contributed by atoms with Crippen LogP contribution < -0.4 is 5.32 Å². The highest BCUT2D eigenvalue weighted by Crippen LogP contribution is 2.33. The zero-order valence-corrected chi connectivity index (χ0v) is 40.5. The van der Waals surface area contributed by atoms with Crippen molar-refractivity contribution < 1.29 is 4.79 Å². The molecule has 2 atom stereocenters. The van der Waals surface area contributed by atoms with E-state index in [0.29, 0.717) is 0 Å². The molecule has 6 aromatic heterocycles. The summed E-state index contributed by atoms with van der Waals surface area (Å²) in [6, 6.07) is 24.7. The predicted octanol–water partition coefficient (Wildman–Crippen LogP) is 14.1. The Morgan fingerprint density at radius 1 is 0.531 bits per heavy atom. The van der Waals surface area contributed by atoms with Crippen LogP contribution in [0.3, 0.4) is 0 Å². The quantitative estimate of drug-likeness (QED) is 0.133. The number of pyridine rings is 3. The monoisotopic (exact) mass is 883 g/mol. The van der Waals surface area contributed by atoms with Crippen LogP contribution in [0.2, 0.25) is 0 Å². The van der Waals surface area contributed by atoms with Crippen LogP contribution in [0.15, 0.2) is 126 Å². The fourth-order valence-electron chi connectivity index (χ4n) is 7.80. The molecule has 3 aromatic carbocycles. The van der Waals surface area contributed by atoms with Gasteiger partial charge in [0, 0.05) is 68.9 Å². The zero-order valence-electron chi connectivity index (χ0n) is 38.2. The van der Waals surface area contributed by atoms with E-state index in [4.69, 9.17) is 9.97 Å². The normalized spacial score (nSPS) is 11.4. The fourth-order valence-corrected chi connectivity index (χ4v) is 8.08. The van der Waals surface area contributed by atoms with E-state index in [1.165, 1.54) is 44.5 Å². The lowest BCUT2D eigenvalue weighted by molar-refractivity contribution is 0.269. The Labute approximate surface area is 380 Å². The highest BCUT2D eigenvalue weighted by atomic mass is 31.0. The number of aryl methyl sites for hydroxylation is 3. The maximum absolute atomic E-state index is 11.2. The first-order chi connectivity index (χ1) is 30.6. The third-order valence-corrected chi connectivity index (χ3v) is 12.0. The highest BCUT2D eigenvalue weighted by Gasteiger charge is 2.14. The third-order valence-electron chi connectivity index (χ3n) is 11.8. The molecule has 0 radical (unpaired) electrons. The van der Waals surface area contributed by atoms with E-state index in [1.807, 2.05) is 54.8 Å². The first kappa shape index (κ1) is 45.4. The Bertz CT molecular complexity index is 3120. The van der Waals surface area contributed by atoms with Gasteiger partial charge in [0.25, 0.3) is 0 Å². The van der Waals surface area contributed by atoms with Gasteiger partial charge in [0.2, 0.25) is 5.65 Å². The van der Waals surface area contributed by atoms with Crippen molar-refractivity contribution in [3.05, 3.63) is 172 Å². The van der Waals surface area contributed by atoms with E-state index < -0.39 is 0 Å². The van der Waals surface area contributed by atoms with E-state index in [0.717, 1.165) is 73.2 Å². The molecular weight excluding hydrogens is 829 g/mol. The standard InChI is InChI=1S/C19H20N2.C17H18N3OP.C16H17N4P/c1-5-6-16-8-9-17(15(4)14(16)3)18-12-21-11-13(2)7-10-19(21)20-18;1-10-4-7-16-18-15(9-20(16)8-10)13-5-6-14(19-17(21)22)12(3)11(13)2;1-10-4-7-16-17-15(9-20(16)8-10)13-5-6-14(18-19-21)12(3)11(13)2/h5-12H,1-4H3;4-9H,22H2,1-3H3,(H,19,21);4-9H,21H2,1-3H3/b6-5+;;. The van der Waals surface area contributed by atoms with Crippen LogP contribution in [0.1, 0.15) is 62.6 Å². The molecule has 0 bridgehead atoms. The number of hydrogen-bond donors (Lipinski definition) is 1. The summed E-state index contributed by atoms with van der Waals surface area (Å²) >= 11 is 0. The van der Waals surface area contributed by atoms with Gasteiger partial charge in [0.1, 0.15) is 16.9 Å². The summed E-state index contributed by atoms with van der Waals surface area (Å²) in [6.07, 6.45) is 16.7. The molecule has 0 aliphatic rings. The number of carbonyl (C=O) groups is 1. The number of imidazole rings is 3. The molecule has 10 nitrogen and oxygen atoms in total. The van der Waals surface area contributed by atoms with Gasteiger partial charge in [-0.05, 0) is 164 Å². The number of aromatic nitrogens is 6. The molecule has 64 heavy (non-hydrogen) atoms. The average Bonchev–Trinajstić information content (AvgIpc) is 4.00.